The lowest BCUT2D eigenvalue weighted by molar-refractivity contribution is -0.139. The molecule has 0 amide bonds. The summed E-state index contributed by atoms with van der Waals surface area (Å²) in [7, 11) is 1.41. The SMILES string of the molecule is C/C=C/CCCC/C=C/CC(=O)OC. The predicted molar refractivity (Wildman–Crippen MR) is 59.1 cm³/mol. The van der Waals surface area contributed by atoms with Gasteiger partial charge in [-0.2, -0.15) is 0 Å². The zero-order chi connectivity index (χ0) is 10.6. The molecule has 0 atom stereocenters. The van der Waals surface area contributed by atoms with Crippen LogP contribution < -0.4 is 0 Å². The Labute approximate surface area is 86.6 Å². The van der Waals surface area contributed by atoms with E-state index < -0.39 is 0 Å². The second-order valence-corrected chi connectivity index (χ2v) is 3.11. The van der Waals surface area contributed by atoms with Gasteiger partial charge >= 0.3 is 5.97 Å². The third-order valence-electron chi connectivity index (χ3n) is 1.91. The third-order valence-corrected chi connectivity index (χ3v) is 1.91. The van der Waals surface area contributed by atoms with Crippen LogP contribution in [0.15, 0.2) is 24.3 Å². The maximum Gasteiger partial charge on any atom is 0.309 e. The van der Waals surface area contributed by atoms with Crippen LogP contribution in [-0.4, -0.2) is 13.1 Å². The fourth-order valence-corrected chi connectivity index (χ4v) is 1.07. The fourth-order valence-electron chi connectivity index (χ4n) is 1.07. The summed E-state index contributed by atoms with van der Waals surface area (Å²) in [4.78, 5) is 10.7. The van der Waals surface area contributed by atoms with Gasteiger partial charge in [0.05, 0.1) is 13.5 Å². The van der Waals surface area contributed by atoms with Gasteiger partial charge < -0.3 is 4.74 Å². The van der Waals surface area contributed by atoms with Gasteiger partial charge in [0.15, 0.2) is 0 Å². The van der Waals surface area contributed by atoms with Crippen LogP contribution >= 0.6 is 0 Å². The smallest absolute Gasteiger partial charge is 0.309 e. The van der Waals surface area contributed by atoms with E-state index in [1.54, 1.807) is 0 Å². The number of carbonyl (C=O) groups is 1. The van der Waals surface area contributed by atoms with Crippen molar-refractivity contribution >= 4 is 5.97 Å². The number of esters is 1. The summed E-state index contributed by atoms with van der Waals surface area (Å²) < 4.78 is 4.51. The Kier molecular flexibility index (Phi) is 9.28. The van der Waals surface area contributed by atoms with Crippen LogP contribution in [0.2, 0.25) is 0 Å². The molecule has 0 fully saturated rings. The van der Waals surface area contributed by atoms with E-state index in [1.807, 2.05) is 19.1 Å². The third kappa shape index (κ3) is 9.04. The number of hydrogen-bond acceptors (Lipinski definition) is 2. The Balaban J connectivity index is 3.23. The van der Waals surface area contributed by atoms with Crippen molar-refractivity contribution in [1.82, 2.24) is 0 Å². The molecule has 0 aliphatic rings. The molecule has 80 valence electrons. The van der Waals surface area contributed by atoms with Gasteiger partial charge in [-0.3, -0.25) is 4.79 Å². The molecule has 0 rings (SSSR count). The van der Waals surface area contributed by atoms with Crippen molar-refractivity contribution in [2.45, 2.75) is 39.0 Å². The van der Waals surface area contributed by atoms with E-state index in [9.17, 15) is 4.79 Å². The standard InChI is InChI=1S/C12H20O2/c1-3-4-5-6-7-8-9-10-11-12(13)14-2/h3-4,9-10H,5-8,11H2,1-2H3/b4-3+,10-9+. The Morgan fingerprint density at radius 1 is 1.14 bits per heavy atom. The van der Waals surface area contributed by atoms with E-state index in [0.29, 0.717) is 6.42 Å². The van der Waals surface area contributed by atoms with Crippen LogP contribution in [0, 0.1) is 0 Å². The molecule has 0 unspecified atom stereocenters. The van der Waals surface area contributed by atoms with Crippen molar-refractivity contribution < 1.29 is 9.53 Å². The van der Waals surface area contributed by atoms with Gasteiger partial charge in [-0.15, -0.1) is 0 Å². The minimum atomic E-state index is -0.171. The van der Waals surface area contributed by atoms with E-state index in [0.717, 1.165) is 12.8 Å². The highest BCUT2D eigenvalue weighted by Crippen LogP contribution is 2.02. The van der Waals surface area contributed by atoms with Gasteiger partial charge in [-0.05, 0) is 32.6 Å². The number of methoxy groups -OCH3 is 1. The molecule has 0 saturated carbocycles. The summed E-state index contributed by atoms with van der Waals surface area (Å²) in [6.45, 7) is 2.04. The fraction of sp³-hybridized carbons (Fsp3) is 0.583. The molecular weight excluding hydrogens is 176 g/mol. The van der Waals surface area contributed by atoms with Crippen LogP contribution in [0.4, 0.5) is 0 Å². The largest absolute Gasteiger partial charge is 0.469 e. The molecule has 2 heteroatoms. The zero-order valence-corrected chi connectivity index (χ0v) is 9.16. The van der Waals surface area contributed by atoms with Gasteiger partial charge in [-0.1, -0.05) is 24.3 Å². The van der Waals surface area contributed by atoms with Crippen molar-refractivity contribution in [1.29, 1.82) is 0 Å². The Hall–Kier alpha value is -1.05. The quantitative estimate of drug-likeness (QED) is 0.355. The molecule has 0 aromatic rings. The van der Waals surface area contributed by atoms with Crippen LogP contribution in [-0.2, 0) is 9.53 Å². The van der Waals surface area contributed by atoms with Crippen molar-refractivity contribution in [2.24, 2.45) is 0 Å². The molecule has 2 nitrogen and oxygen atoms in total. The van der Waals surface area contributed by atoms with E-state index >= 15 is 0 Å². The maximum atomic E-state index is 10.7. The second-order valence-electron chi connectivity index (χ2n) is 3.11. The molecule has 0 aliphatic heterocycles. The normalized spacial score (nSPS) is 11.3. The number of carbonyl (C=O) groups excluding carboxylic acids is 1. The predicted octanol–water partition coefficient (Wildman–Crippen LogP) is 3.24. The van der Waals surface area contributed by atoms with Gasteiger partial charge in [0, 0.05) is 0 Å². The summed E-state index contributed by atoms with van der Waals surface area (Å²) in [5.74, 6) is -0.171. The molecule has 14 heavy (non-hydrogen) atoms. The van der Waals surface area contributed by atoms with E-state index in [2.05, 4.69) is 16.9 Å². The number of hydrogen-bond donors (Lipinski definition) is 0. The Morgan fingerprint density at radius 2 is 1.79 bits per heavy atom. The summed E-state index contributed by atoms with van der Waals surface area (Å²) >= 11 is 0. The van der Waals surface area contributed by atoms with Crippen molar-refractivity contribution in [3.63, 3.8) is 0 Å². The van der Waals surface area contributed by atoms with Crippen LogP contribution in [0.5, 0.6) is 0 Å². The molecule has 0 aliphatic carbocycles. The highest BCUT2D eigenvalue weighted by atomic mass is 16.5. The first kappa shape index (κ1) is 12.9. The average molecular weight is 196 g/mol. The van der Waals surface area contributed by atoms with Crippen molar-refractivity contribution in [2.75, 3.05) is 7.11 Å². The van der Waals surface area contributed by atoms with Crippen molar-refractivity contribution in [3.8, 4) is 0 Å². The number of ether oxygens (including phenoxy) is 1. The highest BCUT2D eigenvalue weighted by molar-refractivity contribution is 5.70. The summed E-state index contributed by atoms with van der Waals surface area (Å²) in [5, 5.41) is 0. The molecule has 0 bridgehead atoms. The van der Waals surface area contributed by atoms with Gasteiger partial charge in [0.2, 0.25) is 0 Å². The average Bonchev–Trinajstić information content (AvgIpc) is 2.21. The van der Waals surface area contributed by atoms with Crippen LogP contribution in [0.1, 0.15) is 39.0 Å². The topological polar surface area (TPSA) is 26.3 Å². The van der Waals surface area contributed by atoms with Gasteiger partial charge in [-0.25, -0.2) is 0 Å². The molecule has 0 N–H and O–H groups in total. The first-order chi connectivity index (χ1) is 6.81. The minimum Gasteiger partial charge on any atom is -0.469 e. The first-order valence-electron chi connectivity index (χ1n) is 5.14. The molecule has 0 aromatic carbocycles. The number of unbranched alkanes of at least 4 members (excludes halogenated alkanes) is 3. The Morgan fingerprint density at radius 3 is 2.36 bits per heavy atom. The van der Waals surface area contributed by atoms with Crippen molar-refractivity contribution in [3.05, 3.63) is 24.3 Å². The summed E-state index contributed by atoms with van der Waals surface area (Å²) in [6, 6.07) is 0. The summed E-state index contributed by atoms with van der Waals surface area (Å²) in [6.07, 6.45) is 13.2. The van der Waals surface area contributed by atoms with Crippen LogP contribution in [0.3, 0.4) is 0 Å². The molecular formula is C12H20O2. The lowest BCUT2D eigenvalue weighted by atomic mass is 10.2. The van der Waals surface area contributed by atoms with E-state index in [4.69, 9.17) is 0 Å². The van der Waals surface area contributed by atoms with E-state index in [1.165, 1.54) is 20.0 Å². The minimum absolute atomic E-state index is 0.171. The molecule has 0 aromatic heterocycles. The summed E-state index contributed by atoms with van der Waals surface area (Å²) in [5.41, 5.74) is 0. The highest BCUT2D eigenvalue weighted by Gasteiger charge is 1.92. The molecule has 0 heterocycles. The Bertz CT molecular complexity index is 192. The molecule has 0 spiro atoms. The van der Waals surface area contributed by atoms with E-state index in [-0.39, 0.29) is 5.97 Å². The van der Waals surface area contributed by atoms with Crippen LogP contribution in [0.25, 0.3) is 0 Å². The van der Waals surface area contributed by atoms with Gasteiger partial charge in [0.1, 0.15) is 0 Å². The maximum absolute atomic E-state index is 10.7. The first-order valence-corrected chi connectivity index (χ1v) is 5.14. The number of allylic oxidation sites excluding steroid dienone is 3. The number of rotatable bonds is 7. The second kappa shape index (κ2) is 10.0. The zero-order valence-electron chi connectivity index (χ0n) is 9.16. The monoisotopic (exact) mass is 196 g/mol. The molecule has 0 radical (unpaired) electrons. The lowest BCUT2D eigenvalue weighted by Crippen LogP contribution is -1.96. The molecule has 0 saturated heterocycles. The van der Waals surface area contributed by atoms with Gasteiger partial charge in [0.25, 0.3) is 0 Å². The lowest BCUT2D eigenvalue weighted by Gasteiger charge is -1.93.